The van der Waals surface area contributed by atoms with E-state index in [9.17, 15) is 19.7 Å². The van der Waals surface area contributed by atoms with E-state index in [1.165, 1.54) is 12.1 Å². The minimum Gasteiger partial charge on any atom is -0.450 e. The topological polar surface area (TPSA) is 132 Å². The average Bonchev–Trinajstić information content (AvgIpc) is 3.42. The van der Waals surface area contributed by atoms with Crippen molar-refractivity contribution >= 4 is 45.8 Å². The van der Waals surface area contributed by atoms with E-state index in [1.807, 2.05) is 65.8 Å². The fraction of sp³-hybridized carbons (Fsp3) is 0.312. The van der Waals surface area contributed by atoms with Crippen molar-refractivity contribution in [3.05, 3.63) is 106 Å². The van der Waals surface area contributed by atoms with Crippen molar-refractivity contribution in [2.24, 2.45) is 5.92 Å². The van der Waals surface area contributed by atoms with Gasteiger partial charge in [0.1, 0.15) is 0 Å². The van der Waals surface area contributed by atoms with Gasteiger partial charge >= 0.3 is 6.09 Å². The molecule has 0 unspecified atom stereocenters. The molecule has 4 rings (SSSR count). The zero-order valence-corrected chi connectivity index (χ0v) is 25.8. The summed E-state index contributed by atoms with van der Waals surface area (Å²) in [5.74, 6) is -0.145. The molecule has 230 valence electrons. The number of rotatable bonds is 12. The first-order chi connectivity index (χ1) is 21.1. The number of alkyl carbamates (subject to hydrolysis) is 1. The van der Waals surface area contributed by atoms with Crippen LogP contribution in [-0.2, 0) is 29.0 Å². The molecule has 3 aromatic carbocycles. The first-order valence-electron chi connectivity index (χ1n) is 14.4. The smallest absolute Gasteiger partial charge is 0.413 e. The number of amides is 2. The van der Waals surface area contributed by atoms with Crippen LogP contribution in [0.3, 0.4) is 0 Å². The molecular formula is C32H36N6O5S. The lowest BCUT2D eigenvalue weighted by molar-refractivity contribution is -0.384. The number of hydrogen-bond acceptors (Lipinski definition) is 7. The van der Waals surface area contributed by atoms with Gasteiger partial charge in [-0.25, -0.2) is 9.78 Å². The van der Waals surface area contributed by atoms with Gasteiger partial charge < -0.3 is 19.5 Å². The van der Waals surface area contributed by atoms with Crippen LogP contribution in [0.5, 0.6) is 0 Å². The molecular weight excluding hydrogens is 580 g/mol. The number of ether oxygens (including phenoxy) is 1. The standard InChI is InChI=1S/C32H36N6O5S/c1-4-43-32(40)35-31(44)36(19-25-10-7-9-24-8-5-6-11-28(24)25)20-29(22(2)3)34-30(39)16-27-17-33-21-37(27)18-23-12-14-26(15-13-23)38(41)42/h5-15,17,21-22,29H,4,16,18-20H2,1-3H3,(H,34,39)(H,35,40,44)/t29-/m1/s1. The number of imidazole rings is 1. The number of nitrogens with zero attached hydrogens (tertiary/aromatic N) is 4. The Morgan fingerprint density at radius 2 is 1.82 bits per heavy atom. The zero-order chi connectivity index (χ0) is 31.6. The second kappa shape index (κ2) is 15.1. The lowest BCUT2D eigenvalue weighted by Gasteiger charge is -2.32. The Morgan fingerprint density at radius 1 is 1.09 bits per heavy atom. The fourth-order valence-electron chi connectivity index (χ4n) is 4.83. The predicted molar refractivity (Wildman–Crippen MR) is 172 cm³/mol. The van der Waals surface area contributed by atoms with Gasteiger partial charge in [-0.1, -0.05) is 68.4 Å². The maximum absolute atomic E-state index is 13.3. The highest BCUT2D eigenvalue weighted by atomic mass is 32.1. The molecule has 44 heavy (non-hydrogen) atoms. The summed E-state index contributed by atoms with van der Waals surface area (Å²) >= 11 is 5.65. The van der Waals surface area contributed by atoms with Gasteiger partial charge in [0.05, 0.1) is 24.3 Å². The van der Waals surface area contributed by atoms with E-state index < -0.39 is 11.0 Å². The molecule has 0 aliphatic carbocycles. The first-order valence-corrected chi connectivity index (χ1v) is 14.8. The third kappa shape index (κ3) is 8.60. The normalized spacial score (nSPS) is 11.6. The summed E-state index contributed by atoms with van der Waals surface area (Å²) in [7, 11) is 0. The van der Waals surface area contributed by atoms with Crippen LogP contribution in [0.25, 0.3) is 10.8 Å². The van der Waals surface area contributed by atoms with E-state index >= 15 is 0 Å². The van der Waals surface area contributed by atoms with Gasteiger partial charge in [0, 0.05) is 49.7 Å². The Balaban J connectivity index is 1.48. The molecule has 12 heteroatoms. The number of aromatic nitrogens is 2. The van der Waals surface area contributed by atoms with E-state index in [0.717, 1.165) is 21.9 Å². The quantitative estimate of drug-likeness (QED) is 0.126. The summed E-state index contributed by atoms with van der Waals surface area (Å²) in [6.45, 7) is 7.14. The molecule has 4 aromatic rings. The molecule has 1 aromatic heterocycles. The summed E-state index contributed by atoms with van der Waals surface area (Å²) in [5, 5.41) is 19.2. The number of nitro groups is 1. The fourth-order valence-corrected chi connectivity index (χ4v) is 5.05. The SMILES string of the molecule is CCOC(=O)NC(=S)N(Cc1cccc2ccccc12)C[C@@H](NC(=O)Cc1cncn1Cc1ccc([N+](=O)[O-])cc1)C(C)C. The highest BCUT2D eigenvalue weighted by Gasteiger charge is 2.24. The number of non-ortho nitro benzene ring substituents is 1. The largest absolute Gasteiger partial charge is 0.450 e. The Labute approximate surface area is 261 Å². The van der Waals surface area contributed by atoms with Gasteiger partial charge in [-0.05, 0) is 47.0 Å². The Hall–Kier alpha value is -4.84. The first kappa shape index (κ1) is 32.1. The third-order valence-electron chi connectivity index (χ3n) is 7.22. The number of fused-ring (bicyclic) bond motifs is 1. The van der Waals surface area contributed by atoms with Gasteiger partial charge in [-0.3, -0.25) is 20.2 Å². The average molecular weight is 617 g/mol. The van der Waals surface area contributed by atoms with Gasteiger partial charge in [0.15, 0.2) is 5.11 Å². The van der Waals surface area contributed by atoms with Crippen LogP contribution in [0, 0.1) is 16.0 Å². The van der Waals surface area contributed by atoms with Crippen LogP contribution >= 0.6 is 12.2 Å². The van der Waals surface area contributed by atoms with E-state index in [0.29, 0.717) is 25.3 Å². The molecule has 0 fully saturated rings. The van der Waals surface area contributed by atoms with E-state index in [-0.39, 0.29) is 41.7 Å². The monoisotopic (exact) mass is 616 g/mol. The van der Waals surface area contributed by atoms with Crippen LogP contribution in [0.2, 0.25) is 0 Å². The molecule has 0 radical (unpaired) electrons. The number of hydrogen-bond donors (Lipinski definition) is 2. The number of nitro benzene ring substituents is 1. The number of thiocarbonyl (C=S) groups is 1. The van der Waals surface area contributed by atoms with Crippen LogP contribution in [-0.4, -0.2) is 55.7 Å². The number of carbonyl (C=O) groups is 2. The number of carbonyl (C=O) groups excluding carboxylic acids is 2. The molecule has 0 saturated carbocycles. The second-order valence-electron chi connectivity index (χ2n) is 10.7. The molecule has 0 aliphatic rings. The van der Waals surface area contributed by atoms with Crippen LogP contribution in [0.1, 0.15) is 37.6 Å². The number of benzene rings is 3. The molecule has 0 saturated heterocycles. The maximum atomic E-state index is 13.3. The lowest BCUT2D eigenvalue weighted by Crippen LogP contribution is -2.51. The summed E-state index contributed by atoms with van der Waals surface area (Å²) in [4.78, 5) is 42.2. The molecule has 0 spiro atoms. The van der Waals surface area contributed by atoms with Crippen molar-refractivity contribution < 1.29 is 19.2 Å². The van der Waals surface area contributed by atoms with Crippen LogP contribution in [0.15, 0.2) is 79.3 Å². The molecule has 1 atom stereocenters. The summed E-state index contributed by atoms with van der Waals surface area (Å²) in [6.07, 6.45) is 2.73. The van der Waals surface area contributed by atoms with Crippen molar-refractivity contribution in [3.63, 3.8) is 0 Å². The van der Waals surface area contributed by atoms with Crippen LogP contribution in [0.4, 0.5) is 10.5 Å². The zero-order valence-electron chi connectivity index (χ0n) is 24.9. The van der Waals surface area contributed by atoms with Crippen molar-refractivity contribution in [3.8, 4) is 0 Å². The molecule has 2 amide bonds. The molecule has 0 aliphatic heterocycles. The van der Waals surface area contributed by atoms with Crippen molar-refractivity contribution in [2.45, 2.75) is 46.3 Å². The Kier molecular flexibility index (Phi) is 11.0. The minimum absolute atomic E-state index is 0.0186. The third-order valence-corrected chi connectivity index (χ3v) is 7.58. The van der Waals surface area contributed by atoms with Gasteiger partial charge in [0.2, 0.25) is 5.91 Å². The second-order valence-corrected chi connectivity index (χ2v) is 11.1. The molecule has 11 nitrogen and oxygen atoms in total. The van der Waals surface area contributed by atoms with E-state index in [2.05, 4.69) is 15.6 Å². The lowest BCUT2D eigenvalue weighted by atomic mass is 10.0. The van der Waals surface area contributed by atoms with Gasteiger partial charge in [-0.2, -0.15) is 0 Å². The Bertz CT molecular complexity index is 1620. The number of nitrogens with one attached hydrogen (secondary N) is 2. The van der Waals surface area contributed by atoms with Gasteiger partial charge in [0.25, 0.3) is 5.69 Å². The summed E-state index contributed by atoms with van der Waals surface area (Å²) < 4.78 is 6.90. The molecule has 1 heterocycles. The van der Waals surface area contributed by atoms with Crippen molar-refractivity contribution in [2.75, 3.05) is 13.2 Å². The van der Waals surface area contributed by atoms with Crippen molar-refractivity contribution in [1.29, 1.82) is 0 Å². The highest BCUT2D eigenvalue weighted by molar-refractivity contribution is 7.80. The predicted octanol–water partition coefficient (Wildman–Crippen LogP) is 5.21. The maximum Gasteiger partial charge on any atom is 0.413 e. The molecule has 0 bridgehead atoms. The van der Waals surface area contributed by atoms with Gasteiger partial charge in [-0.15, -0.1) is 0 Å². The Morgan fingerprint density at radius 3 is 2.52 bits per heavy atom. The summed E-state index contributed by atoms with van der Waals surface area (Å²) in [5.41, 5.74) is 2.60. The van der Waals surface area contributed by atoms with E-state index in [4.69, 9.17) is 17.0 Å². The van der Waals surface area contributed by atoms with Crippen molar-refractivity contribution in [1.82, 2.24) is 25.1 Å². The molecule has 2 N–H and O–H groups in total. The van der Waals surface area contributed by atoms with Crippen LogP contribution < -0.4 is 10.6 Å². The van der Waals surface area contributed by atoms with E-state index in [1.54, 1.807) is 31.6 Å². The minimum atomic E-state index is -0.633. The highest BCUT2D eigenvalue weighted by Crippen LogP contribution is 2.21. The summed E-state index contributed by atoms with van der Waals surface area (Å²) in [6, 6.07) is 20.1.